The molecule has 1 N–H and O–H groups in total. The van der Waals surface area contributed by atoms with Crippen LogP contribution in [-0.4, -0.2) is 104 Å². The highest BCUT2D eigenvalue weighted by Gasteiger charge is 2.40. The van der Waals surface area contributed by atoms with E-state index >= 15 is 0 Å². The number of esters is 3. The summed E-state index contributed by atoms with van der Waals surface area (Å²) in [4.78, 5) is 44.0. The second kappa shape index (κ2) is 41.6. The molecule has 10 nitrogen and oxygen atoms in total. The van der Waals surface area contributed by atoms with Gasteiger partial charge in [0.1, 0.15) is 12.1 Å². The Kier molecular flexibility index (Phi) is 38.2. The first kappa shape index (κ1) is 64.4. The number of likely N-dealkylation sites (tertiary alicyclic amines) is 2. The Morgan fingerprint density at radius 2 is 1.11 bits per heavy atom. The third-order valence-corrected chi connectivity index (χ3v) is 15.6. The molecule has 2 fully saturated rings. The molecule has 4 atom stereocenters. The van der Waals surface area contributed by atoms with Crippen molar-refractivity contribution in [3.63, 3.8) is 0 Å². The molecule has 2 rings (SSSR count). The van der Waals surface area contributed by atoms with Crippen molar-refractivity contribution in [1.29, 1.82) is 0 Å². The molecule has 0 radical (unpaired) electrons. The maximum absolute atomic E-state index is 13.6. The molecular formula is C60H114N2O8. The van der Waals surface area contributed by atoms with Crippen molar-refractivity contribution in [2.24, 2.45) is 17.3 Å². The van der Waals surface area contributed by atoms with Gasteiger partial charge < -0.3 is 29.0 Å². The molecule has 1 unspecified atom stereocenters. The minimum Gasteiger partial charge on any atom is -0.466 e. The molecule has 2 aliphatic heterocycles. The molecule has 0 aromatic heterocycles. The Hall–Kier alpha value is -1.75. The van der Waals surface area contributed by atoms with Crippen molar-refractivity contribution in [2.45, 2.75) is 304 Å². The van der Waals surface area contributed by atoms with Crippen LogP contribution in [0.4, 0.5) is 0 Å². The number of aliphatic hydroxyl groups is 1. The van der Waals surface area contributed by atoms with Crippen molar-refractivity contribution in [3.8, 4) is 0 Å². The molecule has 0 amide bonds. The first-order chi connectivity index (χ1) is 33.9. The van der Waals surface area contributed by atoms with Gasteiger partial charge in [0, 0.05) is 31.8 Å². The number of carbonyl (C=O) groups excluding carboxylic acids is 3. The Morgan fingerprint density at radius 1 is 0.600 bits per heavy atom. The SMILES string of the molecule is CCCCCCCCC(CCCCCCCC)OC(=O)C(C)(C)CCCCCCOC(=O)[C@@H]1C[C@H](OC(O)[C@@H]2CCN(C)C2)CN1CCCCCCCC(=O)OCCCC(CCCCC)CCCCC. The maximum atomic E-state index is 13.6. The summed E-state index contributed by atoms with van der Waals surface area (Å²) < 4.78 is 24.0. The highest BCUT2D eigenvalue weighted by Crippen LogP contribution is 2.30. The van der Waals surface area contributed by atoms with Gasteiger partial charge in [-0.25, -0.2) is 0 Å². The second-order valence-corrected chi connectivity index (χ2v) is 22.8. The van der Waals surface area contributed by atoms with E-state index in [1.807, 2.05) is 13.8 Å². The van der Waals surface area contributed by atoms with Gasteiger partial charge in [-0.2, -0.15) is 0 Å². The molecular weight excluding hydrogens is 877 g/mol. The van der Waals surface area contributed by atoms with Crippen molar-refractivity contribution in [1.82, 2.24) is 9.80 Å². The lowest BCUT2D eigenvalue weighted by atomic mass is 9.86. The van der Waals surface area contributed by atoms with Crippen LogP contribution in [-0.2, 0) is 33.3 Å². The molecule has 0 aliphatic carbocycles. The van der Waals surface area contributed by atoms with Gasteiger partial charge in [-0.15, -0.1) is 0 Å². The molecule has 2 saturated heterocycles. The van der Waals surface area contributed by atoms with E-state index in [1.165, 1.54) is 122 Å². The monoisotopic (exact) mass is 991 g/mol. The van der Waals surface area contributed by atoms with Crippen molar-refractivity contribution < 1.29 is 38.4 Å². The van der Waals surface area contributed by atoms with Crippen LogP contribution in [0.2, 0.25) is 0 Å². The van der Waals surface area contributed by atoms with Crippen LogP contribution in [0.3, 0.4) is 0 Å². The number of carbonyl (C=O) groups is 3. The Morgan fingerprint density at radius 3 is 1.73 bits per heavy atom. The zero-order valence-corrected chi connectivity index (χ0v) is 47.1. The highest BCUT2D eigenvalue weighted by molar-refractivity contribution is 5.76. The Bertz CT molecular complexity index is 1250. The summed E-state index contributed by atoms with van der Waals surface area (Å²) >= 11 is 0. The fraction of sp³-hybridized carbons (Fsp3) is 0.950. The molecule has 2 aliphatic rings. The topological polar surface area (TPSA) is 115 Å². The molecule has 0 aromatic rings. The van der Waals surface area contributed by atoms with Crippen LogP contribution in [0.5, 0.6) is 0 Å². The fourth-order valence-corrected chi connectivity index (χ4v) is 10.8. The van der Waals surface area contributed by atoms with E-state index in [9.17, 15) is 19.5 Å². The van der Waals surface area contributed by atoms with Crippen LogP contribution in [0.15, 0.2) is 0 Å². The number of ether oxygens (including phenoxy) is 4. The Balaban J connectivity index is 1.74. The largest absolute Gasteiger partial charge is 0.466 e. The van der Waals surface area contributed by atoms with E-state index in [4.69, 9.17) is 18.9 Å². The highest BCUT2D eigenvalue weighted by atomic mass is 16.6. The molecule has 0 saturated carbocycles. The summed E-state index contributed by atoms with van der Waals surface area (Å²) in [5.74, 6) is 0.555. The average Bonchev–Trinajstić information content (AvgIpc) is 3.97. The van der Waals surface area contributed by atoms with Crippen LogP contribution in [0.25, 0.3) is 0 Å². The summed E-state index contributed by atoms with van der Waals surface area (Å²) in [6.07, 6.45) is 39.7. The maximum Gasteiger partial charge on any atom is 0.323 e. The summed E-state index contributed by atoms with van der Waals surface area (Å²) in [5.41, 5.74) is -0.517. The molecule has 10 heteroatoms. The summed E-state index contributed by atoms with van der Waals surface area (Å²) in [5, 5.41) is 11.0. The van der Waals surface area contributed by atoms with Gasteiger partial charge in [-0.3, -0.25) is 19.3 Å². The van der Waals surface area contributed by atoms with Crippen molar-refractivity contribution in [3.05, 3.63) is 0 Å². The molecule has 412 valence electrons. The van der Waals surface area contributed by atoms with Gasteiger partial charge in [0.05, 0.1) is 24.7 Å². The third kappa shape index (κ3) is 31.1. The standard InChI is InChI=1S/C60H114N2O8/c1-8-12-16-18-21-29-39-53(40-30-22-19-17-13-9-2)70-59(66)60(5,6)43-32-24-26-34-46-68-58(65)55-48-54(69-57(64)52-42-45-61(7)49-52)50-62(55)44-33-25-20-23-31-41-56(63)67-47-35-38-51(36-27-14-10-3)37-28-15-11-4/h51-55,57,64H,8-50H2,1-7H3/t52-,54+,55+,57?/m1/s1. The summed E-state index contributed by atoms with van der Waals surface area (Å²) in [7, 11) is 2.08. The van der Waals surface area contributed by atoms with Gasteiger partial charge in [-0.1, -0.05) is 182 Å². The number of unbranched alkanes of at least 4 members (excludes halogenated alkanes) is 21. The van der Waals surface area contributed by atoms with E-state index in [2.05, 4.69) is 44.5 Å². The zero-order valence-electron chi connectivity index (χ0n) is 47.1. The number of nitrogens with zero attached hydrogens (tertiary/aromatic N) is 2. The lowest BCUT2D eigenvalue weighted by molar-refractivity contribution is -0.161. The van der Waals surface area contributed by atoms with Crippen molar-refractivity contribution >= 4 is 17.9 Å². The van der Waals surface area contributed by atoms with E-state index in [-0.39, 0.29) is 42.1 Å². The first-order valence-electron chi connectivity index (χ1n) is 30.2. The van der Waals surface area contributed by atoms with E-state index in [0.29, 0.717) is 32.6 Å². The molecule has 0 spiro atoms. The van der Waals surface area contributed by atoms with Crippen LogP contribution >= 0.6 is 0 Å². The second-order valence-electron chi connectivity index (χ2n) is 22.8. The average molecular weight is 992 g/mol. The summed E-state index contributed by atoms with van der Waals surface area (Å²) in [6, 6.07) is -0.376. The quantitative estimate of drug-likeness (QED) is 0.0274. The van der Waals surface area contributed by atoms with Crippen molar-refractivity contribution in [2.75, 3.05) is 46.4 Å². The van der Waals surface area contributed by atoms with Crippen LogP contribution < -0.4 is 0 Å². The zero-order chi connectivity index (χ0) is 51.1. The fourth-order valence-electron chi connectivity index (χ4n) is 10.8. The van der Waals surface area contributed by atoms with Gasteiger partial charge >= 0.3 is 17.9 Å². The minimum atomic E-state index is -0.829. The number of aliphatic hydroxyl groups excluding tert-OH is 1. The molecule has 70 heavy (non-hydrogen) atoms. The predicted molar refractivity (Wildman–Crippen MR) is 290 cm³/mol. The molecule has 0 aromatic carbocycles. The van der Waals surface area contributed by atoms with E-state index in [1.54, 1.807) is 0 Å². The van der Waals surface area contributed by atoms with Crippen LogP contribution in [0, 0.1) is 17.3 Å². The van der Waals surface area contributed by atoms with Gasteiger partial charge in [-0.05, 0) is 111 Å². The van der Waals surface area contributed by atoms with E-state index in [0.717, 1.165) is 128 Å². The van der Waals surface area contributed by atoms with Crippen LogP contribution in [0.1, 0.15) is 279 Å². The van der Waals surface area contributed by atoms with Gasteiger partial charge in [0.25, 0.3) is 0 Å². The smallest absolute Gasteiger partial charge is 0.323 e. The number of rotatable bonds is 47. The number of hydrogen-bond donors (Lipinski definition) is 1. The minimum absolute atomic E-state index is 0.0300. The normalized spacial score (nSPS) is 18.3. The van der Waals surface area contributed by atoms with E-state index < -0.39 is 11.7 Å². The van der Waals surface area contributed by atoms with Gasteiger partial charge in [0.15, 0.2) is 6.29 Å². The Labute approximate surface area is 432 Å². The first-order valence-corrected chi connectivity index (χ1v) is 30.2. The third-order valence-electron chi connectivity index (χ3n) is 15.6. The molecule has 2 heterocycles. The number of hydrogen-bond acceptors (Lipinski definition) is 10. The molecule has 0 bridgehead atoms. The predicted octanol–water partition coefficient (Wildman–Crippen LogP) is 15.1. The lowest BCUT2D eigenvalue weighted by Gasteiger charge is -2.27. The lowest BCUT2D eigenvalue weighted by Crippen LogP contribution is -2.38. The van der Waals surface area contributed by atoms with Gasteiger partial charge in [0.2, 0.25) is 0 Å². The summed E-state index contributed by atoms with van der Waals surface area (Å²) in [6.45, 7) is 17.2.